The minimum Gasteiger partial charge on any atom is -0.342 e. The van der Waals surface area contributed by atoms with E-state index in [1.54, 1.807) is 0 Å². The Morgan fingerprint density at radius 2 is 1.64 bits per heavy atom. The normalized spacial score (nSPS) is 32.2. The van der Waals surface area contributed by atoms with Gasteiger partial charge >= 0.3 is 0 Å². The Balaban J connectivity index is 1.60. The van der Waals surface area contributed by atoms with E-state index in [1.807, 2.05) is 25.7 Å². The number of hydrogen-bond donors (Lipinski definition) is 1. The number of likely N-dealkylation sites (tertiary alicyclic amines) is 2. The highest BCUT2D eigenvalue weighted by atomic mass is 16.2. The van der Waals surface area contributed by atoms with E-state index in [0.717, 1.165) is 45.6 Å². The molecule has 3 fully saturated rings. The van der Waals surface area contributed by atoms with Crippen LogP contribution in [0, 0.1) is 23.2 Å². The van der Waals surface area contributed by atoms with Crippen molar-refractivity contribution in [3.05, 3.63) is 0 Å². The molecule has 0 aromatic carbocycles. The van der Waals surface area contributed by atoms with Crippen molar-refractivity contribution in [1.82, 2.24) is 15.1 Å². The summed E-state index contributed by atoms with van der Waals surface area (Å²) in [7, 11) is 0. The van der Waals surface area contributed by atoms with Crippen LogP contribution in [0.25, 0.3) is 0 Å². The van der Waals surface area contributed by atoms with Gasteiger partial charge in [0.1, 0.15) is 0 Å². The zero-order valence-corrected chi connectivity index (χ0v) is 14.1. The molecule has 0 saturated carbocycles. The first-order valence-electron chi connectivity index (χ1n) is 8.65. The van der Waals surface area contributed by atoms with Crippen LogP contribution < -0.4 is 5.32 Å². The molecule has 3 atom stereocenters. The first kappa shape index (κ1) is 15.8. The SMILES string of the molecule is CC(C)(C)C(=O)N1CCCC(C(=O)N2C[C@H]3CNC[C@H]3C2)C1. The maximum atomic E-state index is 12.8. The highest BCUT2D eigenvalue weighted by Crippen LogP contribution is 2.30. The van der Waals surface area contributed by atoms with Crippen molar-refractivity contribution in [1.29, 1.82) is 0 Å². The Labute approximate surface area is 133 Å². The average Bonchev–Trinajstić information content (AvgIpc) is 3.06. The number of carbonyl (C=O) groups is 2. The van der Waals surface area contributed by atoms with Crippen molar-refractivity contribution < 1.29 is 9.59 Å². The van der Waals surface area contributed by atoms with Crippen LogP contribution in [0.15, 0.2) is 0 Å². The van der Waals surface area contributed by atoms with Gasteiger partial charge in [0, 0.05) is 44.7 Å². The smallest absolute Gasteiger partial charge is 0.227 e. The lowest BCUT2D eigenvalue weighted by Crippen LogP contribution is -2.49. The minimum absolute atomic E-state index is 0.00633. The summed E-state index contributed by atoms with van der Waals surface area (Å²) in [6.45, 7) is 11.2. The summed E-state index contributed by atoms with van der Waals surface area (Å²) in [5.74, 6) is 1.74. The van der Waals surface area contributed by atoms with Crippen LogP contribution in [0.3, 0.4) is 0 Å². The molecule has 0 spiro atoms. The Morgan fingerprint density at radius 3 is 2.23 bits per heavy atom. The quantitative estimate of drug-likeness (QED) is 0.785. The maximum absolute atomic E-state index is 12.8. The number of rotatable bonds is 1. The van der Waals surface area contributed by atoms with Gasteiger partial charge in [-0.1, -0.05) is 20.8 Å². The summed E-state index contributed by atoms with van der Waals surface area (Å²) in [5.41, 5.74) is -0.360. The summed E-state index contributed by atoms with van der Waals surface area (Å²) in [4.78, 5) is 29.2. The van der Waals surface area contributed by atoms with Crippen molar-refractivity contribution in [2.75, 3.05) is 39.3 Å². The predicted molar refractivity (Wildman–Crippen MR) is 85.2 cm³/mol. The highest BCUT2D eigenvalue weighted by Gasteiger charge is 2.41. The topological polar surface area (TPSA) is 52.7 Å². The van der Waals surface area contributed by atoms with E-state index in [4.69, 9.17) is 0 Å². The Kier molecular flexibility index (Phi) is 4.19. The molecule has 3 aliphatic heterocycles. The van der Waals surface area contributed by atoms with Crippen molar-refractivity contribution in [3.63, 3.8) is 0 Å². The number of fused-ring (bicyclic) bond motifs is 1. The molecule has 22 heavy (non-hydrogen) atoms. The number of carbonyl (C=O) groups excluding carboxylic acids is 2. The van der Waals surface area contributed by atoms with Gasteiger partial charge in [-0.25, -0.2) is 0 Å². The third-order valence-corrected chi connectivity index (χ3v) is 5.40. The molecule has 3 saturated heterocycles. The number of nitrogens with zero attached hydrogens (tertiary/aromatic N) is 2. The highest BCUT2D eigenvalue weighted by molar-refractivity contribution is 5.84. The van der Waals surface area contributed by atoms with Gasteiger partial charge in [-0.2, -0.15) is 0 Å². The van der Waals surface area contributed by atoms with Crippen LogP contribution >= 0.6 is 0 Å². The first-order chi connectivity index (χ1) is 10.4. The lowest BCUT2D eigenvalue weighted by Gasteiger charge is -2.37. The van der Waals surface area contributed by atoms with Gasteiger partial charge < -0.3 is 15.1 Å². The number of piperidine rings is 1. The molecular formula is C17H29N3O2. The van der Waals surface area contributed by atoms with E-state index < -0.39 is 0 Å². The standard InChI is InChI=1S/C17H29N3O2/c1-17(2,3)16(22)19-6-4-5-12(9-19)15(21)20-10-13-7-18-8-14(13)11-20/h12-14,18H,4-11H2,1-3H3/t12?,13-,14+. The van der Waals surface area contributed by atoms with Gasteiger partial charge in [0.25, 0.3) is 0 Å². The van der Waals surface area contributed by atoms with Crippen molar-refractivity contribution >= 4 is 11.8 Å². The lowest BCUT2D eigenvalue weighted by atomic mass is 9.90. The Morgan fingerprint density at radius 1 is 1.00 bits per heavy atom. The van der Waals surface area contributed by atoms with Crippen molar-refractivity contribution in [2.45, 2.75) is 33.6 Å². The number of hydrogen-bond acceptors (Lipinski definition) is 3. The van der Waals surface area contributed by atoms with E-state index in [1.165, 1.54) is 0 Å². The molecule has 3 rings (SSSR count). The van der Waals surface area contributed by atoms with Crippen molar-refractivity contribution in [3.8, 4) is 0 Å². The third kappa shape index (κ3) is 3.00. The Hall–Kier alpha value is -1.10. The van der Waals surface area contributed by atoms with E-state index in [2.05, 4.69) is 10.2 Å². The fourth-order valence-electron chi connectivity index (χ4n) is 4.13. The van der Waals surface area contributed by atoms with Gasteiger partial charge in [0.2, 0.25) is 11.8 Å². The molecule has 0 aromatic rings. The molecule has 3 heterocycles. The van der Waals surface area contributed by atoms with Gasteiger partial charge in [-0.05, 0) is 24.7 Å². The zero-order valence-electron chi connectivity index (χ0n) is 14.1. The molecular weight excluding hydrogens is 278 g/mol. The van der Waals surface area contributed by atoms with Crippen LogP contribution in [0.1, 0.15) is 33.6 Å². The van der Waals surface area contributed by atoms with Crippen LogP contribution in [-0.2, 0) is 9.59 Å². The molecule has 0 aromatic heterocycles. The van der Waals surface area contributed by atoms with Crippen LogP contribution in [0.2, 0.25) is 0 Å². The van der Waals surface area contributed by atoms with Gasteiger partial charge in [-0.15, -0.1) is 0 Å². The van der Waals surface area contributed by atoms with Crippen LogP contribution in [0.4, 0.5) is 0 Å². The minimum atomic E-state index is -0.360. The zero-order chi connectivity index (χ0) is 15.9. The summed E-state index contributed by atoms with van der Waals surface area (Å²) < 4.78 is 0. The molecule has 1 N–H and O–H groups in total. The van der Waals surface area contributed by atoms with Crippen LogP contribution in [0.5, 0.6) is 0 Å². The molecule has 0 bridgehead atoms. The predicted octanol–water partition coefficient (Wildman–Crippen LogP) is 0.949. The average molecular weight is 307 g/mol. The Bertz CT molecular complexity index is 445. The first-order valence-corrected chi connectivity index (χ1v) is 8.65. The molecule has 2 amide bonds. The van der Waals surface area contributed by atoms with E-state index >= 15 is 0 Å². The molecule has 3 aliphatic rings. The second-order valence-corrected chi connectivity index (χ2v) is 8.26. The third-order valence-electron chi connectivity index (χ3n) is 5.40. The maximum Gasteiger partial charge on any atom is 0.227 e. The monoisotopic (exact) mass is 307 g/mol. The van der Waals surface area contributed by atoms with E-state index in [9.17, 15) is 9.59 Å². The molecule has 124 valence electrons. The molecule has 0 radical (unpaired) electrons. The fraction of sp³-hybridized carbons (Fsp3) is 0.882. The summed E-state index contributed by atoms with van der Waals surface area (Å²) >= 11 is 0. The lowest BCUT2D eigenvalue weighted by molar-refractivity contribution is -0.145. The van der Waals surface area contributed by atoms with Gasteiger partial charge in [0.05, 0.1) is 5.92 Å². The number of nitrogens with one attached hydrogen (secondary N) is 1. The summed E-state index contributed by atoms with van der Waals surface area (Å²) in [5, 5.41) is 3.41. The second kappa shape index (κ2) is 5.84. The molecule has 5 nitrogen and oxygen atoms in total. The van der Waals surface area contributed by atoms with Gasteiger partial charge in [0.15, 0.2) is 0 Å². The molecule has 1 unspecified atom stereocenters. The summed E-state index contributed by atoms with van der Waals surface area (Å²) in [6, 6.07) is 0. The second-order valence-electron chi connectivity index (χ2n) is 8.26. The largest absolute Gasteiger partial charge is 0.342 e. The van der Waals surface area contributed by atoms with E-state index in [-0.39, 0.29) is 23.1 Å². The van der Waals surface area contributed by atoms with Gasteiger partial charge in [-0.3, -0.25) is 9.59 Å². The number of amides is 2. The molecule has 5 heteroatoms. The summed E-state index contributed by atoms with van der Waals surface area (Å²) in [6.07, 6.45) is 1.87. The van der Waals surface area contributed by atoms with Crippen LogP contribution in [-0.4, -0.2) is 60.9 Å². The fourth-order valence-corrected chi connectivity index (χ4v) is 4.13. The van der Waals surface area contributed by atoms with Crippen molar-refractivity contribution in [2.24, 2.45) is 23.2 Å². The van der Waals surface area contributed by atoms with E-state index in [0.29, 0.717) is 18.4 Å². The molecule has 0 aliphatic carbocycles.